The van der Waals surface area contributed by atoms with Crippen molar-refractivity contribution in [2.75, 3.05) is 6.61 Å². The number of carbonyl (C=O) groups excluding carboxylic acids is 2. The van der Waals surface area contributed by atoms with Crippen LogP contribution >= 0.6 is 0 Å². The second-order valence-corrected chi connectivity index (χ2v) is 4.37. The summed E-state index contributed by atoms with van der Waals surface area (Å²) in [7, 11) is 0. The van der Waals surface area contributed by atoms with Crippen molar-refractivity contribution >= 4 is 12.2 Å². The SMILES string of the molecule is Cc1ccc(C)c(OCC(=O)n2cccc2C=O)c1. The summed E-state index contributed by atoms with van der Waals surface area (Å²) in [6, 6.07) is 9.06. The van der Waals surface area contributed by atoms with E-state index in [1.54, 1.807) is 18.3 Å². The van der Waals surface area contributed by atoms with E-state index in [0.29, 0.717) is 17.7 Å². The number of ether oxygens (including phenoxy) is 1. The largest absolute Gasteiger partial charge is 0.483 e. The number of rotatable bonds is 4. The second-order valence-electron chi connectivity index (χ2n) is 4.37. The Hall–Kier alpha value is -2.36. The van der Waals surface area contributed by atoms with E-state index in [1.165, 1.54) is 4.57 Å². The number of hydrogen-bond donors (Lipinski definition) is 0. The molecule has 0 unspecified atom stereocenters. The molecule has 19 heavy (non-hydrogen) atoms. The van der Waals surface area contributed by atoms with Gasteiger partial charge in [0.25, 0.3) is 5.91 Å². The lowest BCUT2D eigenvalue weighted by atomic mass is 10.1. The van der Waals surface area contributed by atoms with E-state index in [0.717, 1.165) is 11.1 Å². The summed E-state index contributed by atoms with van der Waals surface area (Å²) in [5, 5.41) is 0. The number of nitrogens with zero attached hydrogens (tertiary/aromatic N) is 1. The van der Waals surface area contributed by atoms with Crippen molar-refractivity contribution in [3.05, 3.63) is 53.3 Å². The van der Waals surface area contributed by atoms with E-state index >= 15 is 0 Å². The molecular weight excluding hydrogens is 242 g/mol. The van der Waals surface area contributed by atoms with Gasteiger partial charge >= 0.3 is 0 Å². The zero-order valence-corrected chi connectivity index (χ0v) is 10.9. The van der Waals surface area contributed by atoms with Crippen molar-refractivity contribution in [2.24, 2.45) is 0 Å². The van der Waals surface area contributed by atoms with Crippen LogP contribution in [-0.2, 0) is 0 Å². The quantitative estimate of drug-likeness (QED) is 0.791. The second kappa shape index (κ2) is 5.52. The summed E-state index contributed by atoms with van der Waals surface area (Å²) >= 11 is 0. The van der Waals surface area contributed by atoms with Crippen molar-refractivity contribution in [3.8, 4) is 5.75 Å². The van der Waals surface area contributed by atoms with Gasteiger partial charge in [0.1, 0.15) is 5.75 Å². The predicted octanol–water partition coefficient (Wildman–Crippen LogP) is 2.64. The Morgan fingerprint density at radius 3 is 2.84 bits per heavy atom. The van der Waals surface area contributed by atoms with Gasteiger partial charge in [-0.25, -0.2) is 0 Å². The lowest BCUT2D eigenvalue weighted by molar-refractivity contribution is 0.0829. The van der Waals surface area contributed by atoms with Gasteiger partial charge in [-0.3, -0.25) is 14.2 Å². The minimum Gasteiger partial charge on any atom is -0.483 e. The van der Waals surface area contributed by atoms with Crippen LogP contribution in [0.4, 0.5) is 0 Å². The summed E-state index contributed by atoms with van der Waals surface area (Å²) in [6.07, 6.45) is 2.20. The molecule has 1 aromatic carbocycles. The Balaban J connectivity index is 2.08. The molecule has 0 N–H and O–H groups in total. The lowest BCUT2D eigenvalue weighted by Gasteiger charge is -2.10. The number of aldehydes is 1. The highest BCUT2D eigenvalue weighted by Crippen LogP contribution is 2.19. The molecule has 0 radical (unpaired) electrons. The molecule has 0 fully saturated rings. The molecule has 0 spiro atoms. The van der Waals surface area contributed by atoms with Crippen LogP contribution in [0, 0.1) is 13.8 Å². The number of aromatic nitrogens is 1. The van der Waals surface area contributed by atoms with Gasteiger partial charge in [-0.15, -0.1) is 0 Å². The van der Waals surface area contributed by atoms with Gasteiger partial charge in [-0.05, 0) is 43.2 Å². The third-order valence-electron chi connectivity index (χ3n) is 2.86. The number of aryl methyl sites for hydroxylation is 2. The molecule has 0 bridgehead atoms. The molecule has 4 nitrogen and oxygen atoms in total. The Bertz CT molecular complexity index is 614. The maximum Gasteiger partial charge on any atom is 0.269 e. The van der Waals surface area contributed by atoms with Crippen LogP contribution in [0.3, 0.4) is 0 Å². The summed E-state index contributed by atoms with van der Waals surface area (Å²) < 4.78 is 6.81. The number of benzene rings is 1. The molecule has 2 aromatic rings. The van der Waals surface area contributed by atoms with Gasteiger partial charge in [0.2, 0.25) is 0 Å². The van der Waals surface area contributed by atoms with Gasteiger partial charge in [-0.2, -0.15) is 0 Å². The standard InChI is InChI=1S/C15H15NO3/c1-11-5-6-12(2)14(8-11)19-10-15(18)16-7-3-4-13(16)9-17/h3-9H,10H2,1-2H3. The van der Waals surface area contributed by atoms with E-state index in [-0.39, 0.29) is 12.5 Å². The first-order valence-corrected chi connectivity index (χ1v) is 5.97. The highest BCUT2D eigenvalue weighted by Gasteiger charge is 2.10. The summed E-state index contributed by atoms with van der Waals surface area (Å²) in [4.78, 5) is 22.7. The van der Waals surface area contributed by atoms with Crippen LogP contribution in [0.5, 0.6) is 5.75 Å². The van der Waals surface area contributed by atoms with Gasteiger partial charge < -0.3 is 4.74 Å². The van der Waals surface area contributed by atoms with Crippen LogP contribution in [0.25, 0.3) is 0 Å². The van der Waals surface area contributed by atoms with Gasteiger partial charge in [0, 0.05) is 6.20 Å². The first-order chi connectivity index (χ1) is 9.11. The molecule has 0 aliphatic carbocycles. The molecule has 0 saturated heterocycles. The molecule has 0 atom stereocenters. The molecule has 4 heteroatoms. The topological polar surface area (TPSA) is 48.3 Å². The number of carbonyl (C=O) groups is 2. The smallest absolute Gasteiger partial charge is 0.269 e. The maximum atomic E-state index is 11.9. The fourth-order valence-corrected chi connectivity index (χ4v) is 1.79. The van der Waals surface area contributed by atoms with E-state index in [9.17, 15) is 9.59 Å². The first-order valence-electron chi connectivity index (χ1n) is 5.97. The molecule has 0 saturated carbocycles. The molecule has 0 aliphatic rings. The number of hydrogen-bond acceptors (Lipinski definition) is 3. The van der Waals surface area contributed by atoms with E-state index < -0.39 is 0 Å². The normalized spacial score (nSPS) is 10.2. The highest BCUT2D eigenvalue weighted by atomic mass is 16.5. The zero-order valence-electron chi connectivity index (χ0n) is 10.9. The Labute approximate surface area is 111 Å². The van der Waals surface area contributed by atoms with Crippen LogP contribution in [0.1, 0.15) is 26.4 Å². The van der Waals surface area contributed by atoms with Gasteiger partial charge in [0.15, 0.2) is 12.9 Å². The Kier molecular flexibility index (Phi) is 3.80. The van der Waals surface area contributed by atoms with Crippen molar-refractivity contribution in [3.63, 3.8) is 0 Å². The van der Waals surface area contributed by atoms with Crippen LogP contribution in [0.2, 0.25) is 0 Å². The molecule has 2 rings (SSSR count). The van der Waals surface area contributed by atoms with E-state index in [4.69, 9.17) is 4.74 Å². The van der Waals surface area contributed by atoms with Crippen LogP contribution < -0.4 is 4.74 Å². The minimum atomic E-state index is -0.270. The molecule has 1 aromatic heterocycles. The summed E-state index contributed by atoms with van der Waals surface area (Å²) in [6.45, 7) is 3.79. The van der Waals surface area contributed by atoms with Crippen molar-refractivity contribution in [1.29, 1.82) is 0 Å². The zero-order chi connectivity index (χ0) is 13.8. The average Bonchev–Trinajstić information content (AvgIpc) is 2.88. The average molecular weight is 257 g/mol. The van der Waals surface area contributed by atoms with Crippen molar-refractivity contribution < 1.29 is 14.3 Å². The third kappa shape index (κ3) is 2.91. The molecule has 1 heterocycles. The monoisotopic (exact) mass is 257 g/mol. The highest BCUT2D eigenvalue weighted by molar-refractivity contribution is 5.87. The Morgan fingerprint density at radius 1 is 1.32 bits per heavy atom. The first kappa shape index (κ1) is 13.1. The van der Waals surface area contributed by atoms with E-state index in [1.807, 2.05) is 32.0 Å². The van der Waals surface area contributed by atoms with Crippen molar-refractivity contribution in [2.45, 2.75) is 13.8 Å². The fourth-order valence-electron chi connectivity index (χ4n) is 1.79. The molecular formula is C15H15NO3. The fraction of sp³-hybridized carbons (Fsp3) is 0.200. The van der Waals surface area contributed by atoms with Crippen LogP contribution in [-0.4, -0.2) is 23.4 Å². The predicted molar refractivity (Wildman–Crippen MR) is 71.9 cm³/mol. The van der Waals surface area contributed by atoms with Gasteiger partial charge in [-0.1, -0.05) is 12.1 Å². The summed E-state index contributed by atoms with van der Waals surface area (Å²) in [5.74, 6) is 0.418. The van der Waals surface area contributed by atoms with Gasteiger partial charge in [0.05, 0.1) is 5.69 Å². The maximum absolute atomic E-state index is 11.9. The summed E-state index contributed by atoms with van der Waals surface area (Å²) in [5.41, 5.74) is 2.37. The van der Waals surface area contributed by atoms with Crippen molar-refractivity contribution in [1.82, 2.24) is 4.57 Å². The van der Waals surface area contributed by atoms with E-state index in [2.05, 4.69) is 0 Å². The Morgan fingerprint density at radius 2 is 2.11 bits per heavy atom. The molecule has 0 amide bonds. The minimum absolute atomic E-state index is 0.0974. The van der Waals surface area contributed by atoms with Crippen LogP contribution in [0.15, 0.2) is 36.5 Å². The third-order valence-corrected chi connectivity index (χ3v) is 2.86. The molecule has 0 aliphatic heterocycles. The molecule has 98 valence electrons. The lowest BCUT2D eigenvalue weighted by Crippen LogP contribution is -2.20.